The quantitative estimate of drug-likeness (QED) is 0.640. The van der Waals surface area contributed by atoms with Crippen molar-refractivity contribution < 1.29 is 12.8 Å². The first-order chi connectivity index (χ1) is 13.0. The van der Waals surface area contributed by atoms with Gasteiger partial charge in [0.15, 0.2) is 11.7 Å². The molecule has 0 unspecified atom stereocenters. The predicted octanol–water partition coefficient (Wildman–Crippen LogP) is 4.62. The van der Waals surface area contributed by atoms with Crippen molar-refractivity contribution in [3.63, 3.8) is 0 Å². The molecule has 5 nitrogen and oxygen atoms in total. The van der Waals surface area contributed by atoms with Gasteiger partial charge in [-0.05, 0) is 49.1 Å². The minimum absolute atomic E-state index is 0.103. The summed E-state index contributed by atoms with van der Waals surface area (Å²) in [6, 6.07) is 12.5. The van der Waals surface area contributed by atoms with Gasteiger partial charge in [0.2, 0.25) is 0 Å². The van der Waals surface area contributed by atoms with E-state index in [1.807, 2.05) is 24.3 Å². The molecule has 1 fully saturated rings. The lowest BCUT2D eigenvalue weighted by atomic mass is 10.2. The molecule has 1 aliphatic heterocycles. The highest BCUT2D eigenvalue weighted by Gasteiger charge is 2.32. The molecule has 0 spiro atoms. The van der Waals surface area contributed by atoms with Crippen LogP contribution in [0.25, 0.3) is 11.3 Å². The maximum atomic E-state index is 13.2. The maximum absolute atomic E-state index is 13.2. The maximum Gasteiger partial charge on any atom is 0.265 e. The molecule has 1 aromatic heterocycles. The molecule has 0 bridgehead atoms. The first-order valence-corrected chi connectivity index (χ1v) is 10.7. The highest BCUT2D eigenvalue weighted by Crippen LogP contribution is 2.41. The third-order valence-corrected chi connectivity index (χ3v) is 7.38. The Morgan fingerprint density at radius 2 is 1.96 bits per heavy atom. The summed E-state index contributed by atoms with van der Waals surface area (Å²) in [6.45, 7) is 0.423. The van der Waals surface area contributed by atoms with Crippen LogP contribution in [0.5, 0.6) is 0 Å². The van der Waals surface area contributed by atoms with E-state index in [2.05, 4.69) is 4.98 Å². The van der Waals surface area contributed by atoms with E-state index in [0.717, 1.165) is 35.5 Å². The van der Waals surface area contributed by atoms with Crippen LogP contribution in [0.3, 0.4) is 0 Å². The molecular formula is C20H17ClN2O3S. The van der Waals surface area contributed by atoms with Gasteiger partial charge in [0.05, 0.1) is 16.9 Å². The van der Waals surface area contributed by atoms with Gasteiger partial charge in [-0.1, -0.05) is 29.8 Å². The van der Waals surface area contributed by atoms with E-state index in [9.17, 15) is 8.42 Å². The van der Waals surface area contributed by atoms with Crippen molar-refractivity contribution in [3.05, 3.63) is 65.1 Å². The molecule has 0 atom stereocenters. The number of sulfonamides is 1. The van der Waals surface area contributed by atoms with Crippen LogP contribution in [0.15, 0.2) is 58.0 Å². The molecule has 0 N–H and O–H groups in total. The second-order valence-electron chi connectivity index (χ2n) is 6.94. The second-order valence-corrected chi connectivity index (χ2v) is 9.18. The van der Waals surface area contributed by atoms with Crippen molar-refractivity contribution in [2.75, 3.05) is 10.8 Å². The largest absolute Gasteiger partial charge is 0.440 e. The Balaban J connectivity index is 1.50. The van der Waals surface area contributed by atoms with Gasteiger partial charge in [0, 0.05) is 18.0 Å². The zero-order valence-electron chi connectivity index (χ0n) is 14.4. The summed E-state index contributed by atoms with van der Waals surface area (Å²) in [5, 5.41) is 0.182. The van der Waals surface area contributed by atoms with Crippen LogP contribution in [0.4, 0.5) is 5.69 Å². The molecular weight excluding hydrogens is 384 g/mol. The molecule has 3 aromatic rings. The number of rotatable bonds is 4. The lowest BCUT2D eigenvalue weighted by Gasteiger charge is -2.20. The van der Waals surface area contributed by atoms with Gasteiger partial charge in [-0.3, -0.25) is 4.31 Å². The number of anilines is 1. The minimum atomic E-state index is -3.72. The molecule has 2 heterocycles. The summed E-state index contributed by atoms with van der Waals surface area (Å²) in [5.41, 5.74) is 2.48. The van der Waals surface area contributed by atoms with Crippen LogP contribution >= 0.6 is 11.6 Å². The van der Waals surface area contributed by atoms with Crippen molar-refractivity contribution in [1.29, 1.82) is 0 Å². The molecule has 0 radical (unpaired) electrons. The van der Waals surface area contributed by atoms with Crippen LogP contribution in [-0.4, -0.2) is 19.9 Å². The van der Waals surface area contributed by atoms with E-state index >= 15 is 0 Å². The fourth-order valence-electron chi connectivity index (χ4n) is 3.48. The number of nitrogens with zero attached hydrogens (tertiary/aromatic N) is 2. The number of oxazole rings is 1. The van der Waals surface area contributed by atoms with Crippen molar-refractivity contribution in [2.24, 2.45) is 0 Å². The third-order valence-electron chi connectivity index (χ3n) is 5.08. The number of para-hydroxylation sites is 1. The molecule has 2 aromatic carbocycles. The Labute approximate surface area is 162 Å². The van der Waals surface area contributed by atoms with Crippen LogP contribution in [0.2, 0.25) is 5.02 Å². The SMILES string of the molecule is O=S(=O)(c1ccc(-c2cnc(C3CC3)o2)cc1Cl)N1CCc2ccccc21. The van der Waals surface area contributed by atoms with Crippen LogP contribution in [0.1, 0.15) is 30.2 Å². The number of aromatic nitrogens is 1. The van der Waals surface area contributed by atoms with E-state index in [1.54, 1.807) is 24.4 Å². The number of hydrogen-bond acceptors (Lipinski definition) is 4. The van der Waals surface area contributed by atoms with Crippen LogP contribution in [-0.2, 0) is 16.4 Å². The lowest BCUT2D eigenvalue weighted by Crippen LogP contribution is -2.29. The molecule has 0 saturated heterocycles. The molecule has 7 heteroatoms. The van der Waals surface area contributed by atoms with Gasteiger partial charge >= 0.3 is 0 Å². The molecule has 0 amide bonds. The van der Waals surface area contributed by atoms with Crippen LogP contribution in [0, 0.1) is 0 Å². The van der Waals surface area contributed by atoms with Crippen molar-refractivity contribution in [2.45, 2.75) is 30.1 Å². The van der Waals surface area contributed by atoms with E-state index in [-0.39, 0.29) is 9.92 Å². The number of benzene rings is 2. The van der Waals surface area contributed by atoms with Gasteiger partial charge in [0.25, 0.3) is 10.0 Å². The summed E-state index contributed by atoms with van der Waals surface area (Å²) in [4.78, 5) is 4.41. The lowest BCUT2D eigenvalue weighted by molar-refractivity contribution is 0.509. The minimum Gasteiger partial charge on any atom is -0.440 e. The normalized spacial score (nSPS) is 16.6. The van der Waals surface area contributed by atoms with Gasteiger partial charge in [-0.15, -0.1) is 0 Å². The zero-order valence-corrected chi connectivity index (χ0v) is 16.0. The predicted molar refractivity (Wildman–Crippen MR) is 104 cm³/mol. The Bertz CT molecular complexity index is 1140. The summed E-state index contributed by atoms with van der Waals surface area (Å²) in [5.74, 6) is 1.77. The number of halogens is 1. The highest BCUT2D eigenvalue weighted by molar-refractivity contribution is 7.93. The van der Waals surface area contributed by atoms with Gasteiger partial charge < -0.3 is 4.42 Å². The third kappa shape index (κ3) is 2.84. The molecule has 138 valence electrons. The number of hydrogen-bond donors (Lipinski definition) is 0. The average Bonchev–Trinajstić information content (AvgIpc) is 3.22. The monoisotopic (exact) mass is 400 g/mol. The summed E-state index contributed by atoms with van der Waals surface area (Å²) in [7, 11) is -3.72. The smallest absolute Gasteiger partial charge is 0.265 e. The first kappa shape index (κ1) is 16.8. The average molecular weight is 401 g/mol. The van der Waals surface area contributed by atoms with Gasteiger partial charge in [-0.2, -0.15) is 0 Å². The Morgan fingerprint density at radius 1 is 1.15 bits per heavy atom. The molecule has 5 rings (SSSR count). The summed E-state index contributed by atoms with van der Waals surface area (Å²) in [6.07, 6.45) is 4.59. The van der Waals surface area contributed by atoms with Gasteiger partial charge in [-0.25, -0.2) is 13.4 Å². The zero-order chi connectivity index (χ0) is 18.6. The van der Waals surface area contributed by atoms with Crippen molar-refractivity contribution in [3.8, 4) is 11.3 Å². The Kier molecular flexibility index (Phi) is 3.81. The summed E-state index contributed by atoms with van der Waals surface area (Å²) >= 11 is 6.38. The first-order valence-electron chi connectivity index (χ1n) is 8.90. The Morgan fingerprint density at radius 3 is 2.74 bits per heavy atom. The standard InChI is InChI=1S/C20H17ClN2O3S/c21-16-11-15(18-12-22-20(26-18)14-5-6-14)7-8-19(16)27(24,25)23-10-9-13-3-1-2-4-17(13)23/h1-4,7-8,11-12,14H,5-6,9-10H2. The second kappa shape index (κ2) is 6.11. The van der Waals surface area contributed by atoms with Gasteiger partial charge in [0.1, 0.15) is 4.90 Å². The topological polar surface area (TPSA) is 63.4 Å². The number of fused-ring (bicyclic) bond motifs is 1. The summed E-state index contributed by atoms with van der Waals surface area (Å²) < 4.78 is 33.6. The molecule has 1 saturated carbocycles. The fraction of sp³-hybridized carbons (Fsp3) is 0.250. The van der Waals surface area contributed by atoms with Crippen molar-refractivity contribution in [1.82, 2.24) is 4.98 Å². The Hall–Kier alpha value is -2.31. The molecule has 1 aliphatic carbocycles. The van der Waals surface area contributed by atoms with E-state index in [1.165, 1.54) is 4.31 Å². The van der Waals surface area contributed by atoms with E-state index < -0.39 is 10.0 Å². The molecule has 2 aliphatic rings. The highest BCUT2D eigenvalue weighted by atomic mass is 35.5. The van der Waals surface area contributed by atoms with Crippen molar-refractivity contribution >= 4 is 27.3 Å². The van der Waals surface area contributed by atoms with E-state index in [0.29, 0.717) is 24.6 Å². The van der Waals surface area contributed by atoms with Crippen LogP contribution < -0.4 is 4.31 Å². The van der Waals surface area contributed by atoms with E-state index in [4.69, 9.17) is 16.0 Å². The molecule has 27 heavy (non-hydrogen) atoms. The fourth-order valence-corrected chi connectivity index (χ4v) is 5.50.